The molecule has 1 amide bonds. The molecular formula is C20H20ClN3O4. The first-order valence-corrected chi connectivity index (χ1v) is 9.06. The summed E-state index contributed by atoms with van der Waals surface area (Å²) >= 11 is 6.03. The standard InChI is InChI=1S/C20H20ClN3O4/c1-23(12-13-11-14(21)7-8-17(13)28-2)18(25)9-10-24-20(27)16-6-4-3-5-15(16)19(26)22-24/h3-8,11H,9-10,12H2,1-2H3,(H,22,26). The van der Waals surface area contributed by atoms with Crippen LogP contribution in [0.3, 0.4) is 0 Å². The first kappa shape index (κ1) is 19.7. The van der Waals surface area contributed by atoms with E-state index in [0.717, 1.165) is 5.56 Å². The van der Waals surface area contributed by atoms with E-state index >= 15 is 0 Å². The molecule has 0 radical (unpaired) electrons. The summed E-state index contributed by atoms with van der Waals surface area (Å²) in [6, 6.07) is 11.8. The van der Waals surface area contributed by atoms with Gasteiger partial charge in [-0.05, 0) is 30.3 Å². The zero-order chi connectivity index (χ0) is 20.3. The van der Waals surface area contributed by atoms with Crippen LogP contribution >= 0.6 is 11.6 Å². The fourth-order valence-electron chi connectivity index (χ4n) is 3.02. The summed E-state index contributed by atoms with van der Waals surface area (Å²) in [5.41, 5.74) is 0.0870. The number of aromatic nitrogens is 2. The van der Waals surface area contributed by atoms with E-state index in [2.05, 4.69) is 5.10 Å². The van der Waals surface area contributed by atoms with Crippen LogP contribution < -0.4 is 15.9 Å². The first-order chi connectivity index (χ1) is 13.4. The molecule has 0 unspecified atom stereocenters. The Balaban J connectivity index is 1.73. The number of hydrogen-bond donors (Lipinski definition) is 1. The molecule has 0 fully saturated rings. The van der Waals surface area contributed by atoms with Crippen LogP contribution in [0.5, 0.6) is 5.75 Å². The normalized spacial score (nSPS) is 10.8. The zero-order valence-corrected chi connectivity index (χ0v) is 16.3. The Morgan fingerprint density at radius 2 is 1.89 bits per heavy atom. The van der Waals surface area contributed by atoms with Crippen LogP contribution in [0.1, 0.15) is 12.0 Å². The maximum absolute atomic E-state index is 12.5. The van der Waals surface area contributed by atoms with Gasteiger partial charge in [0.2, 0.25) is 5.91 Å². The smallest absolute Gasteiger partial charge is 0.273 e. The van der Waals surface area contributed by atoms with Gasteiger partial charge in [-0.15, -0.1) is 0 Å². The number of fused-ring (bicyclic) bond motifs is 1. The van der Waals surface area contributed by atoms with Crippen LogP contribution in [-0.2, 0) is 17.9 Å². The van der Waals surface area contributed by atoms with Gasteiger partial charge in [-0.25, -0.2) is 4.68 Å². The lowest BCUT2D eigenvalue weighted by Crippen LogP contribution is -2.33. The third kappa shape index (κ3) is 4.09. The maximum Gasteiger partial charge on any atom is 0.273 e. The second kappa shape index (κ2) is 8.31. The number of aryl methyl sites for hydroxylation is 1. The quantitative estimate of drug-likeness (QED) is 0.687. The van der Waals surface area contributed by atoms with Gasteiger partial charge in [0, 0.05) is 30.6 Å². The Hall–Kier alpha value is -3.06. The summed E-state index contributed by atoms with van der Waals surface area (Å²) in [6.45, 7) is 0.389. The molecule has 1 aromatic heterocycles. The Labute approximate surface area is 166 Å². The lowest BCUT2D eigenvalue weighted by Gasteiger charge is -2.19. The predicted octanol–water partition coefficient (Wildman–Crippen LogP) is 2.40. The molecule has 0 atom stereocenters. The van der Waals surface area contributed by atoms with E-state index < -0.39 is 0 Å². The second-order valence-electron chi connectivity index (χ2n) is 6.40. The molecular weight excluding hydrogens is 382 g/mol. The number of methoxy groups -OCH3 is 1. The van der Waals surface area contributed by atoms with Crippen molar-refractivity contribution >= 4 is 28.3 Å². The summed E-state index contributed by atoms with van der Waals surface area (Å²) < 4.78 is 6.48. The van der Waals surface area contributed by atoms with Gasteiger partial charge in [0.25, 0.3) is 11.1 Å². The first-order valence-electron chi connectivity index (χ1n) is 8.69. The molecule has 7 nitrogen and oxygen atoms in total. The van der Waals surface area contributed by atoms with Gasteiger partial charge >= 0.3 is 0 Å². The van der Waals surface area contributed by atoms with Crippen LogP contribution in [0.25, 0.3) is 10.8 Å². The third-order valence-corrected chi connectivity index (χ3v) is 4.74. The van der Waals surface area contributed by atoms with Crippen molar-refractivity contribution in [2.24, 2.45) is 0 Å². The van der Waals surface area contributed by atoms with Crippen LogP contribution in [-0.4, -0.2) is 34.7 Å². The van der Waals surface area contributed by atoms with Crippen molar-refractivity contribution in [1.82, 2.24) is 14.7 Å². The van der Waals surface area contributed by atoms with Crippen molar-refractivity contribution in [1.29, 1.82) is 0 Å². The number of amides is 1. The SMILES string of the molecule is COc1ccc(Cl)cc1CN(C)C(=O)CCn1[nH]c(=O)c2ccccc2c1=O. The highest BCUT2D eigenvalue weighted by atomic mass is 35.5. The van der Waals surface area contributed by atoms with Gasteiger partial charge in [0.15, 0.2) is 0 Å². The lowest BCUT2D eigenvalue weighted by atomic mass is 10.2. The zero-order valence-electron chi connectivity index (χ0n) is 15.6. The van der Waals surface area contributed by atoms with Crippen molar-refractivity contribution in [3.63, 3.8) is 0 Å². The monoisotopic (exact) mass is 401 g/mol. The van der Waals surface area contributed by atoms with Crippen LogP contribution in [0.4, 0.5) is 0 Å². The number of halogens is 1. The number of carbonyl (C=O) groups excluding carboxylic acids is 1. The number of ether oxygens (including phenoxy) is 1. The Bertz CT molecular complexity index is 1140. The molecule has 146 valence electrons. The van der Waals surface area contributed by atoms with E-state index in [9.17, 15) is 14.4 Å². The molecule has 3 aromatic rings. The highest BCUT2D eigenvalue weighted by molar-refractivity contribution is 6.30. The molecule has 0 bridgehead atoms. The largest absolute Gasteiger partial charge is 0.496 e. The molecule has 0 aliphatic rings. The number of H-pyrrole nitrogens is 1. The molecule has 0 aliphatic carbocycles. The molecule has 0 saturated carbocycles. The average Bonchev–Trinajstić information content (AvgIpc) is 2.69. The van der Waals surface area contributed by atoms with E-state index in [4.69, 9.17) is 16.3 Å². The van der Waals surface area contributed by atoms with Gasteiger partial charge in [-0.2, -0.15) is 0 Å². The summed E-state index contributed by atoms with van der Waals surface area (Å²) in [6.07, 6.45) is 0.0631. The molecule has 0 spiro atoms. The topological polar surface area (TPSA) is 84.4 Å². The van der Waals surface area contributed by atoms with Gasteiger partial charge < -0.3 is 9.64 Å². The van der Waals surface area contributed by atoms with Crippen molar-refractivity contribution < 1.29 is 9.53 Å². The van der Waals surface area contributed by atoms with Crippen molar-refractivity contribution in [2.45, 2.75) is 19.5 Å². The molecule has 28 heavy (non-hydrogen) atoms. The fourth-order valence-corrected chi connectivity index (χ4v) is 3.21. The summed E-state index contributed by atoms with van der Waals surface area (Å²) in [7, 11) is 3.21. The number of benzene rings is 2. The molecule has 0 aliphatic heterocycles. The molecule has 1 N–H and O–H groups in total. The van der Waals surface area contributed by atoms with Crippen LogP contribution in [0, 0.1) is 0 Å². The minimum atomic E-state index is -0.361. The molecule has 3 rings (SSSR count). The van der Waals surface area contributed by atoms with Gasteiger partial charge in [0.1, 0.15) is 5.75 Å². The van der Waals surface area contributed by atoms with Crippen molar-refractivity contribution in [3.8, 4) is 5.75 Å². The Morgan fingerprint density at radius 3 is 2.61 bits per heavy atom. The lowest BCUT2D eigenvalue weighted by molar-refractivity contribution is -0.130. The number of aromatic amines is 1. The Morgan fingerprint density at radius 1 is 1.18 bits per heavy atom. The van der Waals surface area contributed by atoms with Crippen LogP contribution in [0.15, 0.2) is 52.1 Å². The van der Waals surface area contributed by atoms with Gasteiger partial charge in [-0.1, -0.05) is 23.7 Å². The Kier molecular flexibility index (Phi) is 5.84. The van der Waals surface area contributed by atoms with Gasteiger partial charge in [-0.3, -0.25) is 19.5 Å². The summed E-state index contributed by atoms with van der Waals surface area (Å²) in [4.78, 5) is 38.7. The molecule has 0 saturated heterocycles. The highest BCUT2D eigenvalue weighted by Gasteiger charge is 2.14. The van der Waals surface area contributed by atoms with Gasteiger partial charge in [0.05, 0.1) is 24.4 Å². The average molecular weight is 402 g/mol. The van der Waals surface area contributed by atoms with Crippen molar-refractivity contribution in [3.05, 3.63) is 73.8 Å². The summed E-state index contributed by atoms with van der Waals surface area (Å²) in [5, 5.41) is 3.74. The number of nitrogens with zero attached hydrogens (tertiary/aromatic N) is 2. The van der Waals surface area contributed by atoms with E-state index in [-0.39, 0.29) is 30.0 Å². The summed E-state index contributed by atoms with van der Waals surface area (Å²) in [5.74, 6) is 0.460. The van der Waals surface area contributed by atoms with E-state index in [1.807, 2.05) is 0 Å². The fraction of sp³-hybridized carbons (Fsp3) is 0.250. The minimum Gasteiger partial charge on any atom is -0.496 e. The molecule has 1 heterocycles. The highest BCUT2D eigenvalue weighted by Crippen LogP contribution is 2.23. The van der Waals surface area contributed by atoms with Crippen LogP contribution in [0.2, 0.25) is 5.02 Å². The predicted molar refractivity (Wildman–Crippen MR) is 108 cm³/mol. The minimum absolute atomic E-state index is 0.0631. The number of hydrogen-bond acceptors (Lipinski definition) is 4. The number of carbonyl (C=O) groups is 1. The second-order valence-corrected chi connectivity index (χ2v) is 6.84. The molecule has 8 heteroatoms. The third-order valence-electron chi connectivity index (χ3n) is 4.51. The maximum atomic E-state index is 12.5. The van der Waals surface area contributed by atoms with Crippen molar-refractivity contribution in [2.75, 3.05) is 14.2 Å². The van der Waals surface area contributed by atoms with E-state index in [0.29, 0.717) is 28.1 Å². The van der Waals surface area contributed by atoms with E-state index in [1.54, 1.807) is 56.6 Å². The molecule has 2 aromatic carbocycles. The number of nitrogens with one attached hydrogen (secondary N) is 1. The van der Waals surface area contributed by atoms with E-state index in [1.165, 1.54) is 9.58 Å². The number of rotatable bonds is 6.